The van der Waals surface area contributed by atoms with Crippen LogP contribution >= 0.6 is 0 Å². The molecule has 1 aliphatic heterocycles. The highest BCUT2D eigenvalue weighted by molar-refractivity contribution is 5.78. The van der Waals surface area contributed by atoms with Crippen LogP contribution in [0.3, 0.4) is 0 Å². The topological polar surface area (TPSA) is 82.1 Å². The minimum atomic E-state index is -0.528. The molecule has 1 aliphatic rings. The number of hydrogen-bond donors (Lipinski definition) is 0. The summed E-state index contributed by atoms with van der Waals surface area (Å²) in [5.74, 6) is 0.404. The molecular weight excluding hydrogens is 346 g/mol. The van der Waals surface area contributed by atoms with Crippen molar-refractivity contribution in [1.82, 2.24) is 18.7 Å². The second-order valence-corrected chi connectivity index (χ2v) is 7.01. The molecular formula is C19H21N5O3. The molecule has 4 rings (SSSR count). The summed E-state index contributed by atoms with van der Waals surface area (Å²) in [7, 11) is 1.58. The molecule has 0 saturated heterocycles. The van der Waals surface area contributed by atoms with Crippen LogP contribution in [0.4, 0.5) is 11.6 Å². The Hall–Kier alpha value is -3.16. The summed E-state index contributed by atoms with van der Waals surface area (Å²) in [6.45, 7) is 4.58. The number of aromatic nitrogens is 4. The number of hydrogen-bond acceptors (Lipinski definition) is 5. The van der Waals surface area contributed by atoms with Gasteiger partial charge in [0, 0.05) is 25.8 Å². The van der Waals surface area contributed by atoms with E-state index in [0.717, 1.165) is 23.2 Å². The molecule has 0 unspecified atom stereocenters. The molecule has 0 amide bonds. The highest BCUT2D eigenvalue weighted by atomic mass is 16.2. The number of aryl methyl sites for hydroxylation is 3. The molecule has 3 aromatic rings. The molecule has 0 radical (unpaired) electrons. The first-order valence-corrected chi connectivity index (χ1v) is 8.92. The van der Waals surface area contributed by atoms with Crippen LogP contribution in [0.15, 0.2) is 33.9 Å². The van der Waals surface area contributed by atoms with Crippen LogP contribution in [0.25, 0.3) is 11.2 Å². The van der Waals surface area contributed by atoms with Crippen LogP contribution < -0.4 is 16.1 Å². The lowest BCUT2D eigenvalue weighted by atomic mass is 10.2. The van der Waals surface area contributed by atoms with Gasteiger partial charge in [0.1, 0.15) is 5.78 Å². The molecule has 140 valence electrons. The van der Waals surface area contributed by atoms with E-state index in [4.69, 9.17) is 0 Å². The maximum absolute atomic E-state index is 13.0. The number of Topliss-reactive ketones (excluding diaryl/α,β-unsaturated/α-hetero) is 1. The van der Waals surface area contributed by atoms with Crippen LogP contribution in [-0.4, -0.2) is 31.0 Å². The summed E-state index contributed by atoms with van der Waals surface area (Å²) in [4.78, 5) is 43.7. The second kappa shape index (κ2) is 6.22. The summed E-state index contributed by atoms with van der Waals surface area (Å²) in [5, 5.41) is 0. The highest BCUT2D eigenvalue weighted by Gasteiger charge is 2.27. The van der Waals surface area contributed by atoms with Crippen molar-refractivity contribution in [1.29, 1.82) is 0 Å². The van der Waals surface area contributed by atoms with Crippen LogP contribution in [0.2, 0.25) is 0 Å². The van der Waals surface area contributed by atoms with E-state index in [0.29, 0.717) is 23.7 Å². The van der Waals surface area contributed by atoms with Crippen molar-refractivity contribution in [2.75, 3.05) is 11.4 Å². The van der Waals surface area contributed by atoms with Crippen molar-refractivity contribution >= 4 is 28.6 Å². The van der Waals surface area contributed by atoms with E-state index in [1.165, 1.54) is 17.1 Å². The quantitative estimate of drug-likeness (QED) is 0.698. The number of nitrogens with zero attached hydrogens (tertiary/aromatic N) is 5. The van der Waals surface area contributed by atoms with Gasteiger partial charge in [-0.1, -0.05) is 17.7 Å². The Morgan fingerprint density at radius 1 is 1.15 bits per heavy atom. The molecule has 0 saturated carbocycles. The second-order valence-electron chi connectivity index (χ2n) is 7.01. The molecule has 0 aliphatic carbocycles. The van der Waals surface area contributed by atoms with Gasteiger partial charge in [-0.3, -0.25) is 18.7 Å². The monoisotopic (exact) mass is 367 g/mol. The maximum Gasteiger partial charge on any atom is 0.332 e. The third-order valence-electron chi connectivity index (χ3n) is 4.94. The van der Waals surface area contributed by atoms with Gasteiger partial charge in [0.15, 0.2) is 11.2 Å². The molecule has 0 atom stereocenters. The van der Waals surface area contributed by atoms with Gasteiger partial charge in [-0.15, -0.1) is 0 Å². The molecule has 0 fully saturated rings. The van der Waals surface area contributed by atoms with Gasteiger partial charge >= 0.3 is 5.69 Å². The first-order chi connectivity index (χ1) is 12.9. The number of imidazole rings is 1. The fraction of sp³-hybridized carbons (Fsp3) is 0.368. The largest absolute Gasteiger partial charge is 0.332 e. The number of anilines is 2. The van der Waals surface area contributed by atoms with Crippen LogP contribution in [0.1, 0.15) is 18.9 Å². The minimum Gasteiger partial charge on any atom is -0.312 e. The van der Waals surface area contributed by atoms with E-state index < -0.39 is 11.2 Å². The lowest BCUT2D eigenvalue weighted by Gasteiger charge is -2.29. The summed E-state index contributed by atoms with van der Waals surface area (Å²) in [6.07, 6.45) is 0.849. The predicted molar refractivity (Wildman–Crippen MR) is 103 cm³/mol. The van der Waals surface area contributed by atoms with E-state index in [1.54, 1.807) is 7.05 Å². The zero-order chi connectivity index (χ0) is 19.3. The van der Waals surface area contributed by atoms with E-state index in [-0.39, 0.29) is 12.3 Å². The van der Waals surface area contributed by atoms with Crippen molar-refractivity contribution in [3.05, 3.63) is 50.7 Å². The van der Waals surface area contributed by atoms with Crippen molar-refractivity contribution in [2.45, 2.75) is 33.4 Å². The molecule has 2 aromatic heterocycles. The van der Waals surface area contributed by atoms with E-state index in [1.807, 2.05) is 35.8 Å². The van der Waals surface area contributed by atoms with Gasteiger partial charge in [0.05, 0.1) is 6.54 Å². The van der Waals surface area contributed by atoms with E-state index in [9.17, 15) is 14.4 Å². The lowest BCUT2D eigenvalue weighted by Crippen LogP contribution is -2.41. The number of fused-ring (bicyclic) bond motifs is 3. The van der Waals surface area contributed by atoms with Crippen molar-refractivity contribution in [2.24, 2.45) is 7.05 Å². The summed E-state index contributed by atoms with van der Waals surface area (Å²) < 4.78 is 4.19. The molecule has 3 heterocycles. The van der Waals surface area contributed by atoms with Gasteiger partial charge in [-0.2, -0.15) is 4.98 Å². The van der Waals surface area contributed by atoms with Gasteiger partial charge in [0.2, 0.25) is 5.95 Å². The van der Waals surface area contributed by atoms with Crippen molar-refractivity contribution < 1.29 is 4.79 Å². The zero-order valence-corrected chi connectivity index (χ0v) is 15.6. The number of carbonyl (C=O) groups excluding carboxylic acids is 1. The average molecular weight is 367 g/mol. The lowest BCUT2D eigenvalue weighted by molar-refractivity contribution is -0.117. The summed E-state index contributed by atoms with van der Waals surface area (Å²) in [5.41, 5.74) is 1.88. The van der Waals surface area contributed by atoms with Crippen molar-refractivity contribution in [3.8, 4) is 0 Å². The van der Waals surface area contributed by atoms with Crippen molar-refractivity contribution in [3.63, 3.8) is 0 Å². The normalized spacial score (nSPS) is 13.8. The fourth-order valence-electron chi connectivity index (χ4n) is 3.60. The molecule has 1 aromatic carbocycles. The third kappa shape index (κ3) is 2.68. The molecule has 8 nitrogen and oxygen atoms in total. The standard InChI is InChI=1S/C19H21N5O3/c1-12-5-7-14(8-6-12)22-9-4-10-23-15-16(20-18(22)23)21(3)19(27)24(17(15)26)11-13(2)25/h5-8H,4,9-11H2,1-3H3. The Labute approximate surface area is 155 Å². The fourth-order valence-corrected chi connectivity index (χ4v) is 3.60. The predicted octanol–water partition coefficient (Wildman–Crippen LogP) is 1.34. The van der Waals surface area contributed by atoms with Gasteiger partial charge in [-0.25, -0.2) is 4.79 Å². The first kappa shape index (κ1) is 17.3. The Kier molecular flexibility index (Phi) is 3.98. The Morgan fingerprint density at radius 2 is 1.85 bits per heavy atom. The number of benzene rings is 1. The SMILES string of the molecule is CC(=O)Cn1c(=O)c2c(nc3n2CCCN3c2ccc(C)cc2)n(C)c1=O. The van der Waals surface area contributed by atoms with Crippen LogP contribution in [-0.2, 0) is 24.9 Å². The van der Waals surface area contributed by atoms with Gasteiger partial charge < -0.3 is 9.47 Å². The average Bonchev–Trinajstić information content (AvgIpc) is 3.04. The number of carbonyl (C=O) groups is 1. The summed E-state index contributed by atoms with van der Waals surface area (Å²) >= 11 is 0. The molecule has 27 heavy (non-hydrogen) atoms. The third-order valence-corrected chi connectivity index (χ3v) is 4.94. The Balaban J connectivity index is 1.98. The molecule has 0 spiro atoms. The Morgan fingerprint density at radius 3 is 2.52 bits per heavy atom. The highest BCUT2D eigenvalue weighted by Crippen LogP contribution is 2.30. The molecule has 0 bridgehead atoms. The van der Waals surface area contributed by atoms with Crippen LogP contribution in [0, 0.1) is 6.92 Å². The van der Waals surface area contributed by atoms with Crippen LogP contribution in [0.5, 0.6) is 0 Å². The van der Waals surface area contributed by atoms with E-state index in [2.05, 4.69) is 9.88 Å². The summed E-state index contributed by atoms with van der Waals surface area (Å²) in [6, 6.07) is 8.12. The molecule has 0 N–H and O–H groups in total. The molecule has 8 heteroatoms. The zero-order valence-electron chi connectivity index (χ0n) is 15.6. The maximum atomic E-state index is 13.0. The van der Waals surface area contributed by atoms with Gasteiger partial charge in [0.25, 0.3) is 5.56 Å². The Bertz CT molecular complexity index is 1170. The smallest absolute Gasteiger partial charge is 0.312 e. The van der Waals surface area contributed by atoms with E-state index >= 15 is 0 Å². The van der Waals surface area contributed by atoms with Gasteiger partial charge in [-0.05, 0) is 32.4 Å². The number of rotatable bonds is 3. The number of ketones is 1. The first-order valence-electron chi connectivity index (χ1n) is 8.92. The minimum absolute atomic E-state index is 0.233.